The molecule has 0 aliphatic carbocycles. The van der Waals surface area contributed by atoms with Gasteiger partial charge in [0.1, 0.15) is 18.9 Å². The minimum absolute atomic E-state index is 0.0217. The molecule has 0 unspecified atom stereocenters. The molecule has 3 heterocycles. The predicted molar refractivity (Wildman–Crippen MR) is 180 cm³/mol. The number of carbonyl (C=O) groups is 3. The lowest BCUT2D eigenvalue weighted by atomic mass is 9.77. The maximum absolute atomic E-state index is 13.5. The van der Waals surface area contributed by atoms with Crippen molar-refractivity contribution < 1.29 is 34.1 Å². The van der Waals surface area contributed by atoms with Gasteiger partial charge in [-0.2, -0.15) is 0 Å². The van der Waals surface area contributed by atoms with Gasteiger partial charge in [-0.25, -0.2) is 4.79 Å². The summed E-state index contributed by atoms with van der Waals surface area (Å²) in [6, 6.07) is 22.3. The molecule has 0 bridgehead atoms. The molecule has 6 rings (SSSR count). The molecule has 3 aliphatic heterocycles. The number of ether oxygens (including phenoxy) is 2. The van der Waals surface area contributed by atoms with E-state index in [2.05, 4.69) is 10.2 Å². The second-order valence-electron chi connectivity index (χ2n) is 12.7. The van der Waals surface area contributed by atoms with Crippen molar-refractivity contribution in [1.29, 1.82) is 0 Å². The quantitative estimate of drug-likeness (QED) is 0.219. The fourth-order valence-electron chi connectivity index (χ4n) is 7.14. The second-order valence-corrected chi connectivity index (χ2v) is 13.1. The molecule has 3 aromatic carbocycles. The number of nitrogens with one attached hydrogen (secondary N) is 1. The third kappa shape index (κ3) is 6.65. The summed E-state index contributed by atoms with van der Waals surface area (Å²) in [6.07, 6.45) is 0.850. The van der Waals surface area contributed by atoms with Crippen LogP contribution in [-0.4, -0.2) is 75.6 Å². The number of benzene rings is 3. The monoisotopic (exact) mass is 673 g/mol. The average molecular weight is 674 g/mol. The first-order valence-electron chi connectivity index (χ1n) is 16.3. The number of β-lactam (4-membered cyclic amide) rings is 1. The number of aliphatic carboxylic acids is 1. The molecule has 2 fully saturated rings. The molecule has 48 heavy (non-hydrogen) atoms. The summed E-state index contributed by atoms with van der Waals surface area (Å²) in [5.41, 5.74) is 2.86. The van der Waals surface area contributed by atoms with Crippen LogP contribution in [0.25, 0.3) is 0 Å². The number of halogens is 1. The summed E-state index contributed by atoms with van der Waals surface area (Å²) in [5.74, 6) is -1.96. The number of hydrogen-bond donors (Lipinski definition) is 3. The summed E-state index contributed by atoms with van der Waals surface area (Å²) in [5, 5.41) is 23.4. The van der Waals surface area contributed by atoms with Gasteiger partial charge in [0.2, 0.25) is 5.91 Å². The second kappa shape index (κ2) is 14.4. The number of carbonyl (C=O) groups excluding carboxylic acids is 2. The molecule has 5 atom stereocenters. The Labute approximate surface area is 284 Å². The van der Waals surface area contributed by atoms with Crippen molar-refractivity contribution in [3.63, 3.8) is 0 Å². The summed E-state index contributed by atoms with van der Waals surface area (Å²) >= 11 is 6.85. The van der Waals surface area contributed by atoms with Gasteiger partial charge in [-0.05, 0) is 55.1 Å². The number of carboxylic acid groups (broad SMARTS) is 1. The molecule has 3 N–H and O–H groups in total. The van der Waals surface area contributed by atoms with Gasteiger partial charge in [-0.15, -0.1) is 0 Å². The number of likely N-dealkylation sites (tertiary alicyclic amines) is 1. The minimum atomic E-state index is -1.14. The average Bonchev–Trinajstić information content (AvgIpc) is 3.62. The molecule has 0 spiro atoms. The van der Waals surface area contributed by atoms with Gasteiger partial charge in [0, 0.05) is 25.0 Å². The third-order valence-corrected chi connectivity index (χ3v) is 10.0. The number of carboxylic acids is 1. The first kappa shape index (κ1) is 33.5. The van der Waals surface area contributed by atoms with E-state index in [0.717, 1.165) is 30.5 Å². The van der Waals surface area contributed by atoms with Crippen molar-refractivity contribution in [2.45, 2.75) is 58.1 Å². The van der Waals surface area contributed by atoms with Crippen LogP contribution >= 0.6 is 11.6 Å². The zero-order chi connectivity index (χ0) is 33.9. The van der Waals surface area contributed by atoms with E-state index >= 15 is 0 Å². The molecular weight excluding hydrogens is 634 g/mol. The van der Waals surface area contributed by atoms with Gasteiger partial charge in [0.05, 0.1) is 28.6 Å². The van der Waals surface area contributed by atoms with Gasteiger partial charge in [0.25, 0.3) is 5.91 Å². The van der Waals surface area contributed by atoms with Crippen molar-refractivity contribution in [1.82, 2.24) is 15.1 Å². The molecule has 3 aliphatic rings. The maximum atomic E-state index is 13.5. The van der Waals surface area contributed by atoms with E-state index in [9.17, 15) is 24.6 Å². The summed E-state index contributed by atoms with van der Waals surface area (Å²) in [4.78, 5) is 42.1. The van der Waals surface area contributed by atoms with E-state index in [1.807, 2.05) is 67.6 Å². The highest BCUT2D eigenvalue weighted by Crippen LogP contribution is 2.47. The molecule has 2 amide bonds. The van der Waals surface area contributed by atoms with Gasteiger partial charge >= 0.3 is 5.97 Å². The van der Waals surface area contributed by atoms with Crippen LogP contribution in [-0.2, 0) is 22.8 Å². The number of nitrogens with zero attached hydrogens (tertiary/aromatic N) is 2. The van der Waals surface area contributed by atoms with Crippen LogP contribution in [0.3, 0.4) is 0 Å². The van der Waals surface area contributed by atoms with E-state index in [1.165, 1.54) is 4.90 Å². The lowest BCUT2D eigenvalue weighted by molar-refractivity contribution is -0.163. The fourth-order valence-corrected chi connectivity index (χ4v) is 7.44. The number of fused-ring (bicyclic) bond motifs is 1. The Morgan fingerprint density at radius 1 is 1.00 bits per heavy atom. The van der Waals surface area contributed by atoms with Crippen molar-refractivity contribution in [3.8, 4) is 11.5 Å². The van der Waals surface area contributed by atoms with Gasteiger partial charge < -0.3 is 29.9 Å². The van der Waals surface area contributed by atoms with E-state index in [1.54, 1.807) is 19.1 Å². The molecule has 2 saturated heterocycles. The number of amides is 2. The molecule has 252 valence electrons. The Balaban J connectivity index is 1.15. The third-order valence-electron chi connectivity index (χ3n) is 9.66. The highest BCUT2D eigenvalue weighted by Gasteiger charge is 2.59. The van der Waals surface area contributed by atoms with Crippen molar-refractivity contribution >= 4 is 29.4 Å². The van der Waals surface area contributed by atoms with Crippen LogP contribution in [0.5, 0.6) is 11.5 Å². The molecule has 11 heteroatoms. The maximum Gasteiger partial charge on any atom is 0.352 e. The van der Waals surface area contributed by atoms with E-state index in [4.69, 9.17) is 21.1 Å². The number of aliphatic hydroxyl groups is 1. The summed E-state index contributed by atoms with van der Waals surface area (Å²) in [7, 11) is 0. The smallest absolute Gasteiger partial charge is 0.352 e. The van der Waals surface area contributed by atoms with Crippen LogP contribution in [0.4, 0.5) is 0 Å². The van der Waals surface area contributed by atoms with E-state index in [0.29, 0.717) is 31.0 Å². The number of rotatable bonds is 13. The van der Waals surface area contributed by atoms with Crippen LogP contribution in [0.15, 0.2) is 84.1 Å². The molecule has 0 aromatic heterocycles. The van der Waals surface area contributed by atoms with Gasteiger partial charge in [-0.3, -0.25) is 14.5 Å². The predicted octanol–water partition coefficient (Wildman–Crippen LogP) is 4.89. The molecule has 0 radical (unpaired) electrons. The molecule has 3 aromatic rings. The Kier molecular flexibility index (Phi) is 10.1. The van der Waals surface area contributed by atoms with Crippen molar-refractivity contribution in [2.75, 3.05) is 19.6 Å². The Hall–Kier alpha value is -4.38. The largest absolute Gasteiger partial charge is 0.485 e. The Bertz CT molecular complexity index is 1700. The van der Waals surface area contributed by atoms with E-state index < -0.39 is 18.0 Å². The topological polar surface area (TPSA) is 129 Å². The van der Waals surface area contributed by atoms with E-state index in [-0.39, 0.29) is 58.5 Å². The SMILES string of the molecule is C[C@@H](O)[C@H]1C(=O)N2C(C(=O)O)=C(CN3CCC[C@@H]3CNC(=O)c3ccc(OCc4ccccc4)c(OCc4ccccc4)c3Cl)[C@H](C)[C@H]12. The molecule has 10 nitrogen and oxygen atoms in total. The molecular formula is C37H40ClN3O7. The van der Waals surface area contributed by atoms with Gasteiger partial charge in [-0.1, -0.05) is 79.2 Å². The van der Waals surface area contributed by atoms with Crippen LogP contribution in [0.2, 0.25) is 5.02 Å². The van der Waals surface area contributed by atoms with Crippen LogP contribution < -0.4 is 14.8 Å². The first-order chi connectivity index (χ1) is 23.2. The zero-order valence-corrected chi connectivity index (χ0v) is 27.7. The Morgan fingerprint density at radius 3 is 2.27 bits per heavy atom. The minimum Gasteiger partial charge on any atom is -0.485 e. The highest BCUT2D eigenvalue weighted by molar-refractivity contribution is 6.35. The van der Waals surface area contributed by atoms with Gasteiger partial charge in [0.15, 0.2) is 11.5 Å². The standard InChI is InChI=1S/C37H40ClN3O7/c1-22-28(33(37(45)46)41-32(22)30(23(2)42)36(41)44)19-40-17-9-14-26(40)18-39-35(43)27-15-16-29(47-20-24-10-5-3-6-11-24)34(31(27)38)48-21-25-12-7-4-8-13-25/h3-8,10-13,15-16,22-23,26,30,32,42H,9,14,17-21H2,1-2H3,(H,39,43)(H,45,46)/t22-,23+,26+,30+,32+/m0/s1. The zero-order valence-electron chi connectivity index (χ0n) is 27.0. The first-order valence-corrected chi connectivity index (χ1v) is 16.7. The Morgan fingerprint density at radius 2 is 1.65 bits per heavy atom. The normalized spacial score (nSPS) is 22.7. The number of aliphatic hydroxyl groups excluding tert-OH is 1. The highest BCUT2D eigenvalue weighted by atomic mass is 35.5. The fraction of sp³-hybridized carbons (Fsp3) is 0.378. The lowest BCUT2D eigenvalue weighted by Crippen LogP contribution is -2.63. The van der Waals surface area contributed by atoms with Crippen LogP contribution in [0.1, 0.15) is 48.2 Å². The van der Waals surface area contributed by atoms with Crippen molar-refractivity contribution in [3.05, 3.63) is 106 Å². The number of hydrogen-bond acceptors (Lipinski definition) is 7. The van der Waals surface area contributed by atoms with Crippen LogP contribution in [0, 0.1) is 11.8 Å². The lowest BCUT2D eigenvalue weighted by Gasteiger charge is -2.46. The summed E-state index contributed by atoms with van der Waals surface area (Å²) in [6.45, 7) is 5.44. The molecule has 0 saturated carbocycles. The summed E-state index contributed by atoms with van der Waals surface area (Å²) < 4.78 is 12.2. The van der Waals surface area contributed by atoms with Crippen molar-refractivity contribution in [2.24, 2.45) is 11.8 Å².